The van der Waals surface area contributed by atoms with Crippen LogP contribution < -0.4 is 15.0 Å². The van der Waals surface area contributed by atoms with E-state index in [1.807, 2.05) is 12.3 Å². The van der Waals surface area contributed by atoms with E-state index in [4.69, 9.17) is 4.74 Å². The predicted octanol–water partition coefficient (Wildman–Crippen LogP) is 3.64. The summed E-state index contributed by atoms with van der Waals surface area (Å²) in [6.07, 6.45) is 9.55. The van der Waals surface area contributed by atoms with Crippen molar-refractivity contribution in [3.8, 4) is 5.75 Å². The Morgan fingerprint density at radius 1 is 1.16 bits per heavy atom. The van der Waals surface area contributed by atoms with E-state index in [2.05, 4.69) is 40.9 Å². The van der Waals surface area contributed by atoms with E-state index in [9.17, 15) is 4.79 Å². The lowest BCUT2D eigenvalue weighted by atomic mass is 9.83. The predicted molar refractivity (Wildman–Crippen MR) is 125 cm³/mol. The molecule has 0 bridgehead atoms. The highest BCUT2D eigenvalue weighted by molar-refractivity contribution is 5.76. The van der Waals surface area contributed by atoms with Gasteiger partial charge in [-0.05, 0) is 56.0 Å². The Labute approximate surface area is 187 Å². The first-order chi connectivity index (χ1) is 14.9. The Kier molecular flexibility index (Phi) is 7.05. The third-order valence-electron chi connectivity index (χ3n) is 7.03. The molecule has 4 rings (SSSR count). The summed E-state index contributed by atoms with van der Waals surface area (Å²) in [5.41, 5.74) is 1.36. The first-order valence-corrected chi connectivity index (χ1v) is 12.2. The summed E-state index contributed by atoms with van der Waals surface area (Å²) in [5, 5.41) is 3.27. The highest BCUT2D eigenvalue weighted by Gasteiger charge is 2.27. The molecule has 0 spiro atoms. The van der Waals surface area contributed by atoms with E-state index in [1.165, 1.54) is 31.4 Å². The quantitative estimate of drug-likeness (QED) is 0.750. The van der Waals surface area contributed by atoms with Crippen LogP contribution in [0.5, 0.6) is 5.75 Å². The van der Waals surface area contributed by atoms with Gasteiger partial charge in [0.1, 0.15) is 11.6 Å². The molecule has 1 saturated heterocycles. The molecule has 0 aromatic carbocycles. The van der Waals surface area contributed by atoms with Crippen molar-refractivity contribution in [1.82, 2.24) is 15.2 Å². The molecular weight excluding hydrogens is 388 g/mol. The molecule has 2 fully saturated rings. The fourth-order valence-corrected chi connectivity index (χ4v) is 5.27. The molecule has 0 atom stereocenters. The second kappa shape index (κ2) is 9.76. The van der Waals surface area contributed by atoms with Crippen molar-refractivity contribution in [2.75, 3.05) is 44.2 Å². The standard InChI is InChI=1S/C25H40N4O2/c1-25(2,3)18-23(30)27-20-6-4-19(5-7-20)9-12-28-13-15-29(16-14-28)24-21-10-17-31-22(21)8-11-26-24/h8,11,19-20H,4-7,9-10,12-18H2,1-3H3,(H,27,30). The van der Waals surface area contributed by atoms with Crippen molar-refractivity contribution < 1.29 is 9.53 Å². The number of nitrogens with zero attached hydrogens (tertiary/aromatic N) is 3. The second-order valence-electron chi connectivity index (χ2n) is 10.8. The molecule has 0 unspecified atom stereocenters. The van der Waals surface area contributed by atoms with Crippen molar-refractivity contribution in [1.29, 1.82) is 0 Å². The maximum Gasteiger partial charge on any atom is 0.220 e. The highest BCUT2D eigenvalue weighted by atomic mass is 16.5. The lowest BCUT2D eigenvalue weighted by Gasteiger charge is -2.37. The van der Waals surface area contributed by atoms with E-state index in [0.29, 0.717) is 12.5 Å². The molecule has 1 aliphatic carbocycles. The SMILES string of the molecule is CC(C)(C)CC(=O)NC1CCC(CCN2CCN(c3nccc4c3CCO4)CC2)CC1. The number of carbonyl (C=O) groups is 1. The summed E-state index contributed by atoms with van der Waals surface area (Å²) < 4.78 is 5.71. The van der Waals surface area contributed by atoms with Crippen LogP contribution >= 0.6 is 0 Å². The van der Waals surface area contributed by atoms with Gasteiger partial charge in [-0.1, -0.05) is 20.8 Å². The molecule has 31 heavy (non-hydrogen) atoms. The highest BCUT2D eigenvalue weighted by Crippen LogP contribution is 2.32. The Morgan fingerprint density at radius 3 is 2.61 bits per heavy atom. The van der Waals surface area contributed by atoms with Crippen molar-refractivity contribution in [3.05, 3.63) is 17.8 Å². The number of hydrogen-bond acceptors (Lipinski definition) is 5. The Hall–Kier alpha value is -1.82. The molecule has 3 aliphatic rings. The van der Waals surface area contributed by atoms with Crippen LogP contribution in [-0.2, 0) is 11.2 Å². The van der Waals surface area contributed by atoms with Crippen molar-refractivity contribution in [2.24, 2.45) is 11.3 Å². The largest absolute Gasteiger partial charge is 0.493 e. The number of rotatable bonds is 6. The molecule has 2 aliphatic heterocycles. The van der Waals surface area contributed by atoms with Crippen LogP contribution in [0.3, 0.4) is 0 Å². The monoisotopic (exact) mass is 428 g/mol. The number of fused-ring (bicyclic) bond motifs is 1. The molecule has 1 aromatic rings. The summed E-state index contributed by atoms with van der Waals surface area (Å²) in [7, 11) is 0. The number of aromatic nitrogens is 1. The molecule has 1 aromatic heterocycles. The van der Waals surface area contributed by atoms with E-state index >= 15 is 0 Å². The van der Waals surface area contributed by atoms with E-state index < -0.39 is 0 Å². The normalized spacial score (nSPS) is 24.5. The van der Waals surface area contributed by atoms with Gasteiger partial charge in [0.2, 0.25) is 5.91 Å². The molecule has 3 heterocycles. The molecule has 0 radical (unpaired) electrons. The second-order valence-corrected chi connectivity index (χ2v) is 10.8. The molecule has 6 nitrogen and oxygen atoms in total. The first kappa shape index (κ1) is 22.4. The van der Waals surface area contributed by atoms with Crippen LogP contribution in [0, 0.1) is 11.3 Å². The zero-order valence-electron chi connectivity index (χ0n) is 19.7. The molecule has 1 N–H and O–H groups in total. The minimum Gasteiger partial charge on any atom is -0.493 e. The van der Waals surface area contributed by atoms with Gasteiger partial charge in [-0.3, -0.25) is 9.69 Å². The van der Waals surface area contributed by atoms with Crippen LogP contribution in [0.2, 0.25) is 0 Å². The van der Waals surface area contributed by atoms with Gasteiger partial charge < -0.3 is 15.0 Å². The Bertz CT molecular complexity index is 744. The van der Waals surface area contributed by atoms with Crippen LogP contribution in [0.25, 0.3) is 0 Å². The Morgan fingerprint density at radius 2 is 1.90 bits per heavy atom. The third kappa shape index (κ3) is 6.12. The molecule has 6 heteroatoms. The van der Waals surface area contributed by atoms with Crippen LogP contribution in [0.1, 0.15) is 64.9 Å². The zero-order chi connectivity index (χ0) is 21.8. The number of pyridine rings is 1. The van der Waals surface area contributed by atoms with Gasteiger partial charge in [0.25, 0.3) is 0 Å². The molecule has 172 valence electrons. The average molecular weight is 429 g/mol. The topological polar surface area (TPSA) is 57.7 Å². The summed E-state index contributed by atoms with van der Waals surface area (Å²) in [6, 6.07) is 2.38. The molecule has 1 amide bonds. The van der Waals surface area contributed by atoms with Crippen molar-refractivity contribution in [3.63, 3.8) is 0 Å². The summed E-state index contributed by atoms with van der Waals surface area (Å²) in [4.78, 5) is 21.9. The number of piperazine rings is 1. The van der Waals surface area contributed by atoms with Gasteiger partial charge in [-0.25, -0.2) is 4.98 Å². The maximum absolute atomic E-state index is 12.2. The van der Waals surface area contributed by atoms with Crippen LogP contribution in [0.4, 0.5) is 5.82 Å². The fraction of sp³-hybridized carbons (Fsp3) is 0.760. The van der Waals surface area contributed by atoms with E-state index in [1.54, 1.807) is 0 Å². The van der Waals surface area contributed by atoms with Gasteiger partial charge in [-0.2, -0.15) is 0 Å². The smallest absolute Gasteiger partial charge is 0.220 e. The molecule has 1 saturated carbocycles. The van der Waals surface area contributed by atoms with Crippen LogP contribution in [0.15, 0.2) is 12.3 Å². The van der Waals surface area contributed by atoms with Crippen LogP contribution in [-0.4, -0.2) is 61.2 Å². The van der Waals surface area contributed by atoms with Crippen molar-refractivity contribution in [2.45, 2.75) is 71.8 Å². The minimum absolute atomic E-state index is 0.0652. The van der Waals surface area contributed by atoms with Gasteiger partial charge in [-0.15, -0.1) is 0 Å². The first-order valence-electron chi connectivity index (χ1n) is 12.2. The number of nitrogens with one attached hydrogen (secondary N) is 1. The average Bonchev–Trinajstić information content (AvgIpc) is 3.21. The van der Waals surface area contributed by atoms with Gasteiger partial charge >= 0.3 is 0 Å². The van der Waals surface area contributed by atoms with Crippen molar-refractivity contribution >= 4 is 11.7 Å². The lowest BCUT2D eigenvalue weighted by Crippen LogP contribution is -2.47. The summed E-state index contributed by atoms with van der Waals surface area (Å²) in [5.74, 6) is 3.20. The number of amides is 1. The number of anilines is 1. The third-order valence-corrected chi connectivity index (χ3v) is 7.03. The maximum atomic E-state index is 12.2. The number of carbonyl (C=O) groups excluding carboxylic acids is 1. The number of ether oxygens (including phenoxy) is 1. The minimum atomic E-state index is 0.0652. The van der Waals surface area contributed by atoms with E-state index in [-0.39, 0.29) is 11.3 Å². The summed E-state index contributed by atoms with van der Waals surface area (Å²) >= 11 is 0. The van der Waals surface area contributed by atoms with Gasteiger partial charge in [0, 0.05) is 56.8 Å². The molecular formula is C25H40N4O2. The van der Waals surface area contributed by atoms with Gasteiger partial charge in [0.15, 0.2) is 0 Å². The lowest BCUT2D eigenvalue weighted by molar-refractivity contribution is -0.123. The summed E-state index contributed by atoms with van der Waals surface area (Å²) in [6.45, 7) is 12.7. The Balaban J connectivity index is 1.15. The fourth-order valence-electron chi connectivity index (χ4n) is 5.27. The van der Waals surface area contributed by atoms with E-state index in [0.717, 1.165) is 69.5 Å². The van der Waals surface area contributed by atoms with Gasteiger partial charge in [0.05, 0.1) is 6.61 Å². The zero-order valence-corrected chi connectivity index (χ0v) is 19.7. The number of hydrogen-bond donors (Lipinski definition) is 1.